The van der Waals surface area contributed by atoms with Gasteiger partial charge in [0.25, 0.3) is 9.04 Å². The summed E-state index contributed by atoms with van der Waals surface area (Å²) >= 11 is 0. The van der Waals surface area contributed by atoms with E-state index in [0.29, 0.717) is 12.8 Å². The summed E-state index contributed by atoms with van der Waals surface area (Å²) in [4.78, 5) is 13.2. The van der Waals surface area contributed by atoms with Crippen molar-refractivity contribution in [3.63, 3.8) is 0 Å². The van der Waals surface area contributed by atoms with Crippen LogP contribution in [-0.2, 0) is 9.22 Å². The van der Waals surface area contributed by atoms with Crippen molar-refractivity contribution in [2.75, 3.05) is 0 Å². The fraction of sp³-hybridized carbons (Fsp3) is 0.480. The summed E-state index contributed by atoms with van der Waals surface area (Å²) in [5, 5.41) is 13.2. The van der Waals surface area contributed by atoms with Crippen LogP contribution < -0.4 is 10.4 Å². The van der Waals surface area contributed by atoms with Gasteiger partial charge in [-0.15, -0.1) is 0 Å². The van der Waals surface area contributed by atoms with Crippen LogP contribution in [0.5, 0.6) is 0 Å². The maximum absolute atomic E-state index is 13.2. The van der Waals surface area contributed by atoms with Crippen molar-refractivity contribution in [2.45, 2.75) is 52.7 Å². The number of aliphatic hydroxyl groups is 1. The van der Waals surface area contributed by atoms with E-state index >= 15 is 0 Å². The molecule has 0 heterocycles. The lowest BCUT2D eigenvalue weighted by Crippen LogP contribution is -2.51. The second kappa shape index (κ2) is 7.49. The molecule has 0 aromatic heterocycles. The Bertz CT molecular complexity index is 821. The molecule has 0 spiro atoms. The third-order valence-corrected chi connectivity index (χ3v) is 9.15. The molecule has 3 nitrogen and oxygen atoms in total. The third kappa shape index (κ3) is 3.62. The van der Waals surface area contributed by atoms with E-state index in [1.165, 1.54) is 0 Å². The fourth-order valence-electron chi connectivity index (χ4n) is 5.74. The quantitative estimate of drug-likeness (QED) is 0.792. The minimum Gasteiger partial charge on any atom is -0.397 e. The van der Waals surface area contributed by atoms with Crippen molar-refractivity contribution in [1.82, 2.24) is 0 Å². The Hall–Kier alpha value is -1.75. The molecule has 4 rings (SSSR count). The maximum Gasteiger partial charge on any atom is 0.283 e. The molecule has 29 heavy (non-hydrogen) atoms. The number of hydrogen-bond donors (Lipinski definition) is 1. The summed E-state index contributed by atoms with van der Waals surface area (Å²) in [5.41, 5.74) is -0.350. The van der Waals surface area contributed by atoms with E-state index in [0.717, 1.165) is 10.4 Å². The fourth-order valence-corrected chi connectivity index (χ4v) is 7.97. The number of Topliss-reactive ketones (excluding diaryl/α,β-unsaturated/α-hetero) is 1. The van der Waals surface area contributed by atoms with Gasteiger partial charge in [-0.2, -0.15) is 0 Å². The van der Waals surface area contributed by atoms with Gasteiger partial charge in [0.1, 0.15) is 6.10 Å². The zero-order chi connectivity index (χ0) is 20.8. The molecule has 1 unspecified atom stereocenters. The lowest BCUT2D eigenvalue weighted by molar-refractivity contribution is -0.126. The molecule has 2 aliphatic rings. The van der Waals surface area contributed by atoms with E-state index in [1.54, 1.807) is 0 Å². The Morgan fingerprint density at radius 1 is 1.00 bits per heavy atom. The van der Waals surface area contributed by atoms with Gasteiger partial charge in [0.2, 0.25) is 0 Å². The minimum absolute atomic E-state index is 0.0380. The third-order valence-electron chi connectivity index (χ3n) is 6.96. The Labute approximate surface area is 175 Å². The van der Waals surface area contributed by atoms with Crippen molar-refractivity contribution in [3.8, 4) is 0 Å². The number of carbonyl (C=O) groups is 1. The number of aliphatic hydroxyl groups excluding tert-OH is 1. The number of hydrogen-bond acceptors (Lipinski definition) is 3. The van der Waals surface area contributed by atoms with Gasteiger partial charge in [-0.1, -0.05) is 88.4 Å². The molecule has 5 atom stereocenters. The topological polar surface area (TPSA) is 46.5 Å². The summed E-state index contributed by atoms with van der Waals surface area (Å²) in [7, 11) is -1.56. The monoisotopic (exact) mass is 407 g/mol. The smallest absolute Gasteiger partial charge is 0.283 e. The number of ketones is 1. The summed E-state index contributed by atoms with van der Waals surface area (Å²) in [6.45, 7) is 8.69. The number of benzene rings is 2. The Morgan fingerprint density at radius 3 is 2.00 bits per heavy atom. The lowest BCUT2D eigenvalue weighted by Gasteiger charge is -2.37. The van der Waals surface area contributed by atoms with Gasteiger partial charge in [0.05, 0.1) is 6.10 Å². The molecular weight excluding hydrogens is 376 g/mol. The largest absolute Gasteiger partial charge is 0.397 e. The van der Waals surface area contributed by atoms with Gasteiger partial charge in [-0.05, 0) is 34.0 Å². The van der Waals surface area contributed by atoms with Gasteiger partial charge in [0.15, 0.2) is 5.78 Å². The van der Waals surface area contributed by atoms with Gasteiger partial charge >= 0.3 is 0 Å². The van der Waals surface area contributed by atoms with E-state index in [9.17, 15) is 9.90 Å². The van der Waals surface area contributed by atoms with E-state index in [2.05, 4.69) is 52.0 Å². The molecule has 0 saturated heterocycles. The van der Waals surface area contributed by atoms with Gasteiger partial charge < -0.3 is 9.53 Å². The molecule has 1 radical (unpaired) electrons. The molecule has 2 fully saturated rings. The molecule has 153 valence electrons. The van der Waals surface area contributed by atoms with E-state index < -0.39 is 15.1 Å². The van der Waals surface area contributed by atoms with Crippen LogP contribution in [0.3, 0.4) is 0 Å². The highest BCUT2D eigenvalue weighted by molar-refractivity contribution is 6.80. The second-order valence-corrected chi connectivity index (χ2v) is 12.1. The minimum atomic E-state index is -1.56. The first-order chi connectivity index (χ1) is 13.7. The first-order valence-electron chi connectivity index (χ1n) is 10.6. The lowest BCUT2D eigenvalue weighted by atomic mass is 9.70. The van der Waals surface area contributed by atoms with Crippen molar-refractivity contribution in [2.24, 2.45) is 22.7 Å². The predicted molar refractivity (Wildman–Crippen MR) is 118 cm³/mol. The highest BCUT2D eigenvalue weighted by Gasteiger charge is 2.63. The predicted octanol–water partition coefficient (Wildman–Crippen LogP) is 3.20. The van der Waals surface area contributed by atoms with Crippen molar-refractivity contribution in [3.05, 3.63) is 60.7 Å². The molecule has 2 aliphatic carbocycles. The average molecular weight is 408 g/mol. The standard InChI is InChI=1S/C25H31O3Si/c1-24(2,3)22-19-15-20(26)23(25(19,4)16-21(22)27)28-29(17-11-7-5-8-12-17)18-13-9-6-10-14-18/h5-14,19,21-23,27H,15-16H2,1-4H3/t19-,21+,22+,23?,25+/m0/s1. The van der Waals surface area contributed by atoms with Crippen LogP contribution in [-0.4, -0.2) is 32.1 Å². The van der Waals surface area contributed by atoms with Gasteiger partial charge in [-0.3, -0.25) is 4.79 Å². The number of fused-ring (bicyclic) bond motifs is 1. The molecule has 4 heteroatoms. The number of rotatable bonds is 4. The first-order valence-corrected chi connectivity index (χ1v) is 12.0. The molecular formula is C25H31O3Si. The van der Waals surface area contributed by atoms with E-state index in [1.807, 2.05) is 36.4 Å². The van der Waals surface area contributed by atoms with Crippen LogP contribution in [0.15, 0.2) is 60.7 Å². The normalized spacial score (nSPS) is 32.0. The highest BCUT2D eigenvalue weighted by Crippen LogP contribution is 2.60. The molecule has 2 aromatic carbocycles. The zero-order valence-corrected chi connectivity index (χ0v) is 18.8. The van der Waals surface area contributed by atoms with Crippen LogP contribution in [0.4, 0.5) is 0 Å². The van der Waals surface area contributed by atoms with Crippen LogP contribution in [0, 0.1) is 22.7 Å². The van der Waals surface area contributed by atoms with E-state index in [-0.39, 0.29) is 34.6 Å². The molecule has 2 saturated carbocycles. The van der Waals surface area contributed by atoms with Crippen LogP contribution in [0.1, 0.15) is 40.5 Å². The summed E-state index contributed by atoms with van der Waals surface area (Å²) in [5.74, 6) is 0.493. The SMILES string of the molecule is CC(C)(C)[C@H]1[C@H](O)C[C@@]2(C)C(O[Si](c3ccccc3)c3ccccc3)C(=O)C[C@@H]12. The molecule has 0 amide bonds. The summed E-state index contributed by atoms with van der Waals surface area (Å²) in [6, 6.07) is 20.5. The average Bonchev–Trinajstić information content (AvgIpc) is 3.06. The zero-order valence-electron chi connectivity index (χ0n) is 17.8. The Kier molecular flexibility index (Phi) is 5.30. The highest BCUT2D eigenvalue weighted by atomic mass is 28.3. The van der Waals surface area contributed by atoms with E-state index in [4.69, 9.17) is 4.43 Å². The first kappa shape index (κ1) is 20.5. The summed E-state index contributed by atoms with van der Waals surface area (Å²) < 4.78 is 6.76. The van der Waals surface area contributed by atoms with Crippen molar-refractivity contribution >= 4 is 25.2 Å². The Morgan fingerprint density at radius 2 is 1.52 bits per heavy atom. The van der Waals surface area contributed by atoms with Crippen molar-refractivity contribution < 1.29 is 14.3 Å². The van der Waals surface area contributed by atoms with Gasteiger partial charge in [-0.25, -0.2) is 0 Å². The molecule has 1 N–H and O–H groups in total. The van der Waals surface area contributed by atoms with Crippen LogP contribution >= 0.6 is 0 Å². The second-order valence-electron chi connectivity index (χ2n) is 10.0. The molecule has 0 bridgehead atoms. The van der Waals surface area contributed by atoms with Crippen LogP contribution in [0.25, 0.3) is 0 Å². The number of carbonyl (C=O) groups excluding carboxylic acids is 1. The van der Waals surface area contributed by atoms with Gasteiger partial charge in [0, 0.05) is 11.8 Å². The summed E-state index contributed by atoms with van der Waals surface area (Å²) in [6.07, 6.45) is 0.310. The molecule has 0 aliphatic heterocycles. The van der Waals surface area contributed by atoms with Crippen molar-refractivity contribution in [1.29, 1.82) is 0 Å². The Balaban J connectivity index is 1.69. The molecule has 2 aromatic rings. The van der Waals surface area contributed by atoms with Crippen LogP contribution in [0.2, 0.25) is 0 Å². The maximum atomic E-state index is 13.2.